The van der Waals surface area contributed by atoms with Crippen LogP contribution in [0.4, 0.5) is 18.9 Å². The molecule has 0 aliphatic carbocycles. The van der Waals surface area contributed by atoms with E-state index in [0.29, 0.717) is 0 Å². The summed E-state index contributed by atoms with van der Waals surface area (Å²) in [4.78, 5) is 20.9. The zero-order chi connectivity index (χ0) is 16.5. The van der Waals surface area contributed by atoms with E-state index in [-0.39, 0.29) is 11.3 Å². The number of carbonyl (C=O) groups is 2. The van der Waals surface area contributed by atoms with Gasteiger partial charge < -0.3 is 15.7 Å². The first-order valence-electron chi connectivity index (χ1n) is 6.29. The third kappa shape index (κ3) is 3.09. The van der Waals surface area contributed by atoms with Gasteiger partial charge in [0.05, 0.1) is 5.41 Å². The average molecular weight is 381 g/mol. The fourth-order valence-electron chi connectivity index (χ4n) is 2.50. The summed E-state index contributed by atoms with van der Waals surface area (Å²) in [6.07, 6.45) is -4.19. The molecule has 1 spiro atoms. The lowest BCUT2D eigenvalue weighted by atomic mass is 9.81. The van der Waals surface area contributed by atoms with Gasteiger partial charge in [-0.15, -0.1) is 0 Å². The van der Waals surface area contributed by atoms with Gasteiger partial charge in [-0.05, 0) is 36.7 Å². The Morgan fingerprint density at radius 3 is 2.50 bits per heavy atom. The molecular weight excluding hydrogens is 369 g/mol. The minimum absolute atomic E-state index is 0.139. The summed E-state index contributed by atoms with van der Waals surface area (Å²) in [5.74, 6) is -2.62. The summed E-state index contributed by atoms with van der Waals surface area (Å²) in [6.45, 7) is 1.67. The summed E-state index contributed by atoms with van der Waals surface area (Å²) in [7, 11) is 0. The van der Waals surface area contributed by atoms with E-state index >= 15 is 0 Å². The number of hydrogen-bond donors (Lipinski definition) is 3. The number of anilines is 1. The maximum Gasteiger partial charge on any atom is 0.490 e. The van der Waals surface area contributed by atoms with Gasteiger partial charge in [-0.3, -0.25) is 4.79 Å². The lowest BCUT2D eigenvalue weighted by Gasteiger charge is -2.19. The van der Waals surface area contributed by atoms with Crippen LogP contribution in [0.15, 0.2) is 22.7 Å². The van der Waals surface area contributed by atoms with Crippen LogP contribution in [0.3, 0.4) is 0 Å². The van der Waals surface area contributed by atoms with Crippen molar-refractivity contribution in [3.05, 3.63) is 28.2 Å². The van der Waals surface area contributed by atoms with Gasteiger partial charge in [0.2, 0.25) is 5.91 Å². The van der Waals surface area contributed by atoms with Gasteiger partial charge >= 0.3 is 12.1 Å². The van der Waals surface area contributed by atoms with E-state index in [1.54, 1.807) is 0 Å². The summed E-state index contributed by atoms with van der Waals surface area (Å²) < 4.78 is 32.8. The fourth-order valence-corrected chi connectivity index (χ4v) is 2.86. The maximum atomic E-state index is 12.0. The van der Waals surface area contributed by atoms with Gasteiger partial charge in [0, 0.05) is 16.7 Å². The molecule has 9 heteroatoms. The van der Waals surface area contributed by atoms with E-state index in [2.05, 4.69) is 32.6 Å². The molecule has 1 atom stereocenters. The van der Waals surface area contributed by atoms with Crippen molar-refractivity contribution in [3.63, 3.8) is 0 Å². The molecule has 0 aromatic heterocycles. The Bertz CT molecular complexity index is 613. The smallest absolute Gasteiger partial charge is 0.475 e. The van der Waals surface area contributed by atoms with Crippen LogP contribution in [0.1, 0.15) is 12.0 Å². The number of carboxylic acids is 1. The van der Waals surface area contributed by atoms with Gasteiger partial charge in [0.15, 0.2) is 0 Å². The van der Waals surface area contributed by atoms with Crippen LogP contribution in [-0.4, -0.2) is 36.2 Å². The summed E-state index contributed by atoms with van der Waals surface area (Å²) in [5, 5.41) is 13.4. The van der Waals surface area contributed by atoms with Crippen molar-refractivity contribution in [1.29, 1.82) is 0 Å². The normalized spacial score (nSPS) is 22.8. The Labute approximate surface area is 132 Å². The van der Waals surface area contributed by atoms with Crippen molar-refractivity contribution in [2.75, 3.05) is 18.4 Å². The monoisotopic (exact) mass is 380 g/mol. The standard InChI is InChI=1S/C11H11BrN2O.C2HF3O2/c12-7-1-2-9-8(5-7)11(10(15)14-9)3-4-13-6-11;3-2(4,5)1(6)7/h1-2,5,13H,3-4,6H2,(H,14,15);(H,6,7). The lowest BCUT2D eigenvalue weighted by Crippen LogP contribution is -2.36. The van der Waals surface area contributed by atoms with Crippen LogP contribution in [-0.2, 0) is 15.0 Å². The van der Waals surface area contributed by atoms with Gasteiger partial charge in [-0.2, -0.15) is 13.2 Å². The van der Waals surface area contributed by atoms with Crippen molar-refractivity contribution in [3.8, 4) is 0 Å². The Hall–Kier alpha value is -1.61. The third-order valence-electron chi connectivity index (χ3n) is 3.58. The van der Waals surface area contributed by atoms with E-state index in [4.69, 9.17) is 9.90 Å². The molecule has 2 aliphatic heterocycles. The highest BCUT2D eigenvalue weighted by Crippen LogP contribution is 2.42. The number of alkyl halides is 3. The van der Waals surface area contributed by atoms with Gasteiger partial charge in [0.1, 0.15) is 0 Å². The Morgan fingerprint density at radius 2 is 2.00 bits per heavy atom. The molecule has 1 unspecified atom stereocenters. The molecule has 2 heterocycles. The second kappa shape index (κ2) is 5.88. The molecule has 0 saturated carbocycles. The number of amides is 1. The number of rotatable bonds is 0. The van der Waals surface area contributed by atoms with Crippen LogP contribution < -0.4 is 10.6 Å². The van der Waals surface area contributed by atoms with E-state index in [1.165, 1.54) is 0 Å². The van der Waals surface area contributed by atoms with Crippen molar-refractivity contribution in [1.82, 2.24) is 5.32 Å². The molecule has 3 N–H and O–H groups in total. The molecule has 1 fully saturated rings. The molecule has 1 aromatic rings. The number of carbonyl (C=O) groups excluding carboxylic acids is 1. The zero-order valence-electron chi connectivity index (χ0n) is 11.1. The van der Waals surface area contributed by atoms with Crippen molar-refractivity contribution in [2.45, 2.75) is 18.0 Å². The second-order valence-electron chi connectivity index (χ2n) is 4.96. The van der Waals surface area contributed by atoms with Crippen LogP contribution in [0.5, 0.6) is 0 Å². The molecule has 3 rings (SSSR count). The molecule has 1 amide bonds. The Kier molecular flexibility index (Phi) is 4.48. The largest absolute Gasteiger partial charge is 0.490 e. The highest BCUT2D eigenvalue weighted by molar-refractivity contribution is 9.10. The van der Waals surface area contributed by atoms with E-state index in [1.807, 2.05) is 12.1 Å². The summed E-state index contributed by atoms with van der Waals surface area (Å²) in [6, 6.07) is 5.98. The van der Waals surface area contributed by atoms with E-state index in [0.717, 1.165) is 35.2 Å². The van der Waals surface area contributed by atoms with E-state index < -0.39 is 12.1 Å². The van der Waals surface area contributed by atoms with Crippen LogP contribution in [0.2, 0.25) is 0 Å². The van der Waals surface area contributed by atoms with Crippen LogP contribution in [0, 0.1) is 0 Å². The van der Waals surface area contributed by atoms with Crippen molar-refractivity contribution < 1.29 is 27.9 Å². The van der Waals surface area contributed by atoms with Gasteiger partial charge in [0.25, 0.3) is 0 Å². The maximum absolute atomic E-state index is 12.0. The van der Waals surface area contributed by atoms with Gasteiger partial charge in [-0.25, -0.2) is 4.79 Å². The molecular formula is C13H12BrF3N2O3. The predicted molar refractivity (Wildman–Crippen MR) is 75.6 cm³/mol. The molecule has 2 aliphatic rings. The number of halogens is 4. The highest BCUT2D eigenvalue weighted by atomic mass is 79.9. The minimum atomic E-state index is -5.08. The highest BCUT2D eigenvalue weighted by Gasteiger charge is 2.48. The molecule has 1 aromatic carbocycles. The summed E-state index contributed by atoms with van der Waals surface area (Å²) >= 11 is 3.46. The Balaban J connectivity index is 0.000000217. The molecule has 22 heavy (non-hydrogen) atoms. The molecule has 5 nitrogen and oxygen atoms in total. The number of carboxylic acid groups (broad SMARTS) is 1. The number of benzene rings is 1. The molecule has 1 saturated heterocycles. The zero-order valence-corrected chi connectivity index (χ0v) is 12.7. The second-order valence-corrected chi connectivity index (χ2v) is 5.87. The van der Waals surface area contributed by atoms with E-state index in [9.17, 15) is 18.0 Å². The quantitative estimate of drug-likeness (QED) is 0.645. The first-order chi connectivity index (χ1) is 10.2. The molecule has 0 bridgehead atoms. The first-order valence-corrected chi connectivity index (χ1v) is 7.08. The minimum Gasteiger partial charge on any atom is -0.475 e. The number of hydrogen-bond acceptors (Lipinski definition) is 3. The average Bonchev–Trinajstić information content (AvgIpc) is 2.99. The summed E-state index contributed by atoms with van der Waals surface area (Å²) in [5.41, 5.74) is 1.78. The third-order valence-corrected chi connectivity index (χ3v) is 4.07. The number of nitrogens with one attached hydrogen (secondary N) is 2. The van der Waals surface area contributed by atoms with Crippen molar-refractivity contribution in [2.24, 2.45) is 0 Å². The first kappa shape index (κ1) is 16.8. The molecule has 120 valence electrons. The SMILES string of the molecule is O=C(O)C(F)(F)F.O=C1Nc2ccc(Br)cc2C12CCNC2. The Morgan fingerprint density at radius 1 is 1.36 bits per heavy atom. The number of fused-ring (bicyclic) bond motifs is 2. The van der Waals surface area contributed by atoms with Crippen LogP contribution >= 0.6 is 15.9 Å². The fraction of sp³-hybridized carbons (Fsp3) is 0.385. The predicted octanol–water partition coefficient (Wildman–Crippen LogP) is 2.27. The van der Waals surface area contributed by atoms with Crippen LogP contribution in [0.25, 0.3) is 0 Å². The number of aliphatic carboxylic acids is 1. The van der Waals surface area contributed by atoms with Crippen molar-refractivity contribution >= 4 is 33.5 Å². The lowest BCUT2D eigenvalue weighted by molar-refractivity contribution is -0.192. The molecule has 0 radical (unpaired) electrons. The topological polar surface area (TPSA) is 78.4 Å². The van der Waals surface area contributed by atoms with Gasteiger partial charge in [-0.1, -0.05) is 15.9 Å².